The first-order valence-corrected chi connectivity index (χ1v) is 8.96. The lowest BCUT2D eigenvalue weighted by molar-refractivity contribution is 0.0677. The molecule has 5 nitrogen and oxygen atoms in total. The molecule has 1 aliphatic heterocycles. The van der Waals surface area contributed by atoms with Gasteiger partial charge in [0.15, 0.2) is 0 Å². The summed E-state index contributed by atoms with van der Waals surface area (Å²) in [5.41, 5.74) is 3.70. The van der Waals surface area contributed by atoms with Gasteiger partial charge in [0, 0.05) is 25.3 Å². The summed E-state index contributed by atoms with van der Waals surface area (Å²) in [6.07, 6.45) is 2.26. The molecule has 25 heavy (non-hydrogen) atoms. The topological polar surface area (TPSA) is 58.1 Å². The van der Waals surface area contributed by atoms with Gasteiger partial charge in [0.25, 0.3) is 5.91 Å². The van der Waals surface area contributed by atoms with E-state index < -0.39 is 0 Å². The van der Waals surface area contributed by atoms with Crippen molar-refractivity contribution in [2.75, 3.05) is 18.4 Å². The Morgan fingerprint density at radius 2 is 2.08 bits per heavy atom. The summed E-state index contributed by atoms with van der Waals surface area (Å²) < 4.78 is 0. The minimum absolute atomic E-state index is 0.0102. The quantitative estimate of drug-likeness (QED) is 0.926. The zero-order valence-electron chi connectivity index (χ0n) is 15.2. The summed E-state index contributed by atoms with van der Waals surface area (Å²) >= 11 is 0. The first kappa shape index (κ1) is 17.4. The lowest BCUT2D eigenvalue weighted by Gasteiger charge is -2.30. The predicted molar refractivity (Wildman–Crippen MR) is 99.6 cm³/mol. The van der Waals surface area contributed by atoms with Gasteiger partial charge in [0.1, 0.15) is 5.69 Å². The molecule has 132 valence electrons. The number of hydrogen-bond donors (Lipinski definition) is 1. The van der Waals surface area contributed by atoms with Gasteiger partial charge < -0.3 is 10.2 Å². The Bertz CT molecular complexity index is 759. The van der Waals surface area contributed by atoms with E-state index in [4.69, 9.17) is 0 Å². The van der Waals surface area contributed by atoms with E-state index in [0.29, 0.717) is 24.1 Å². The second-order valence-corrected chi connectivity index (χ2v) is 7.00. The molecule has 1 aliphatic rings. The van der Waals surface area contributed by atoms with Gasteiger partial charge in [-0.2, -0.15) is 0 Å². The van der Waals surface area contributed by atoms with Gasteiger partial charge in [-0.15, -0.1) is 0 Å². The van der Waals surface area contributed by atoms with E-state index in [0.717, 1.165) is 25.2 Å². The van der Waals surface area contributed by atoms with Crippen molar-refractivity contribution >= 4 is 11.9 Å². The minimum Gasteiger partial charge on any atom is -0.350 e. The molecule has 1 aromatic heterocycles. The number of hydrogen-bond acceptors (Lipinski definition) is 4. The number of nitrogens with zero attached hydrogens (tertiary/aromatic N) is 3. The number of carbonyl (C=O) groups excluding carboxylic acids is 1. The fraction of sp³-hybridized carbons (Fsp3) is 0.450. The van der Waals surface area contributed by atoms with Crippen LogP contribution in [0.15, 0.2) is 30.3 Å². The number of nitrogens with one attached hydrogen (secondary N) is 1. The van der Waals surface area contributed by atoms with Crippen molar-refractivity contribution < 1.29 is 4.79 Å². The van der Waals surface area contributed by atoms with Crippen molar-refractivity contribution in [3.63, 3.8) is 0 Å². The molecule has 0 spiro atoms. The number of aromatic nitrogens is 2. The lowest BCUT2D eigenvalue weighted by atomic mass is 10.00. The van der Waals surface area contributed by atoms with Crippen molar-refractivity contribution in [3.05, 3.63) is 52.8 Å². The Hall–Kier alpha value is -2.43. The summed E-state index contributed by atoms with van der Waals surface area (Å²) in [6, 6.07) is 9.99. The second-order valence-electron chi connectivity index (χ2n) is 7.00. The van der Waals surface area contributed by atoms with Crippen LogP contribution in [0.1, 0.15) is 47.1 Å². The molecule has 1 unspecified atom stereocenters. The van der Waals surface area contributed by atoms with Gasteiger partial charge in [-0.25, -0.2) is 9.97 Å². The Kier molecular flexibility index (Phi) is 5.31. The van der Waals surface area contributed by atoms with Gasteiger partial charge in [0.05, 0.1) is 0 Å². The number of rotatable bonds is 4. The average Bonchev–Trinajstić information content (AvgIpc) is 2.60. The first-order valence-electron chi connectivity index (χ1n) is 8.96. The summed E-state index contributed by atoms with van der Waals surface area (Å²) in [5.74, 6) is 1.08. The van der Waals surface area contributed by atoms with Crippen molar-refractivity contribution in [1.29, 1.82) is 0 Å². The smallest absolute Gasteiger partial charge is 0.272 e. The minimum atomic E-state index is 0.0102. The van der Waals surface area contributed by atoms with Crippen LogP contribution in [0.2, 0.25) is 0 Å². The SMILES string of the molecule is Cc1cc(C(=O)N2CCCC(C)C2)nc(NCc2ccccc2C)n1. The third-order valence-electron chi connectivity index (χ3n) is 4.72. The van der Waals surface area contributed by atoms with Crippen LogP contribution >= 0.6 is 0 Å². The molecule has 1 fully saturated rings. The first-order chi connectivity index (χ1) is 12.0. The molecule has 1 N–H and O–H groups in total. The normalized spacial score (nSPS) is 17.4. The molecule has 3 rings (SSSR count). The van der Waals surface area contributed by atoms with E-state index in [-0.39, 0.29) is 5.91 Å². The van der Waals surface area contributed by atoms with E-state index in [1.165, 1.54) is 17.5 Å². The largest absolute Gasteiger partial charge is 0.350 e. The highest BCUT2D eigenvalue weighted by Gasteiger charge is 2.23. The Balaban J connectivity index is 1.74. The van der Waals surface area contributed by atoms with E-state index in [1.807, 2.05) is 24.0 Å². The van der Waals surface area contributed by atoms with Gasteiger partial charge in [0.2, 0.25) is 5.95 Å². The molecule has 1 amide bonds. The Labute approximate surface area is 149 Å². The number of anilines is 1. The lowest BCUT2D eigenvalue weighted by Crippen LogP contribution is -2.39. The summed E-state index contributed by atoms with van der Waals surface area (Å²) in [5, 5.41) is 3.26. The maximum atomic E-state index is 12.8. The zero-order valence-corrected chi connectivity index (χ0v) is 15.2. The molecular weight excluding hydrogens is 312 g/mol. The summed E-state index contributed by atoms with van der Waals surface area (Å²) in [4.78, 5) is 23.6. The number of likely N-dealkylation sites (tertiary alicyclic amines) is 1. The molecule has 2 heterocycles. The third kappa shape index (κ3) is 4.35. The van der Waals surface area contributed by atoms with Crippen LogP contribution in [-0.4, -0.2) is 33.9 Å². The van der Waals surface area contributed by atoms with E-state index in [9.17, 15) is 4.79 Å². The molecule has 0 bridgehead atoms. The van der Waals surface area contributed by atoms with Gasteiger partial charge >= 0.3 is 0 Å². The van der Waals surface area contributed by atoms with E-state index in [1.54, 1.807) is 6.07 Å². The van der Waals surface area contributed by atoms with E-state index >= 15 is 0 Å². The number of aryl methyl sites for hydroxylation is 2. The second kappa shape index (κ2) is 7.64. The third-order valence-corrected chi connectivity index (χ3v) is 4.72. The number of carbonyl (C=O) groups is 1. The molecule has 2 aromatic rings. The molecular formula is C20H26N4O. The van der Waals surface area contributed by atoms with Crippen LogP contribution in [0.5, 0.6) is 0 Å². The molecule has 1 atom stereocenters. The van der Waals surface area contributed by atoms with Crippen molar-refractivity contribution in [2.45, 2.75) is 40.2 Å². The van der Waals surface area contributed by atoms with Crippen molar-refractivity contribution in [2.24, 2.45) is 5.92 Å². The number of amides is 1. The van der Waals surface area contributed by atoms with Gasteiger partial charge in [-0.05, 0) is 49.8 Å². The van der Waals surface area contributed by atoms with Crippen molar-refractivity contribution in [1.82, 2.24) is 14.9 Å². The highest BCUT2D eigenvalue weighted by Crippen LogP contribution is 2.18. The molecule has 0 saturated carbocycles. The molecule has 1 saturated heterocycles. The maximum absolute atomic E-state index is 12.8. The van der Waals surface area contributed by atoms with Gasteiger partial charge in [-0.1, -0.05) is 31.2 Å². The highest BCUT2D eigenvalue weighted by molar-refractivity contribution is 5.92. The van der Waals surface area contributed by atoms with Crippen LogP contribution < -0.4 is 5.32 Å². The Morgan fingerprint density at radius 1 is 1.28 bits per heavy atom. The molecule has 0 aliphatic carbocycles. The maximum Gasteiger partial charge on any atom is 0.272 e. The molecule has 1 aromatic carbocycles. The van der Waals surface area contributed by atoms with Gasteiger partial charge in [-0.3, -0.25) is 4.79 Å². The number of piperidine rings is 1. The highest BCUT2D eigenvalue weighted by atomic mass is 16.2. The van der Waals surface area contributed by atoms with Crippen LogP contribution in [0.25, 0.3) is 0 Å². The molecule has 5 heteroatoms. The van der Waals surface area contributed by atoms with E-state index in [2.05, 4.69) is 41.3 Å². The average molecular weight is 338 g/mol. The van der Waals surface area contributed by atoms with Crippen molar-refractivity contribution in [3.8, 4) is 0 Å². The number of benzene rings is 1. The zero-order chi connectivity index (χ0) is 17.8. The summed E-state index contributed by atoms with van der Waals surface area (Å²) in [7, 11) is 0. The predicted octanol–water partition coefficient (Wildman–Crippen LogP) is 3.58. The van der Waals surface area contributed by atoms with Crippen LogP contribution in [-0.2, 0) is 6.54 Å². The molecule has 0 radical (unpaired) electrons. The monoisotopic (exact) mass is 338 g/mol. The van der Waals surface area contributed by atoms with Crippen LogP contribution in [0.3, 0.4) is 0 Å². The van der Waals surface area contributed by atoms with Crippen LogP contribution in [0.4, 0.5) is 5.95 Å². The fourth-order valence-electron chi connectivity index (χ4n) is 3.28. The summed E-state index contributed by atoms with van der Waals surface area (Å²) in [6.45, 7) is 8.45. The fourth-order valence-corrected chi connectivity index (χ4v) is 3.28. The van der Waals surface area contributed by atoms with Crippen LogP contribution in [0, 0.1) is 19.8 Å². The standard InChI is InChI=1S/C20H26N4O/c1-14-7-6-10-24(13-14)19(25)18-11-16(3)22-20(23-18)21-12-17-9-5-4-8-15(17)2/h4-5,8-9,11,14H,6-7,10,12-13H2,1-3H3,(H,21,22,23). The Morgan fingerprint density at radius 3 is 2.84 bits per heavy atom.